The maximum Gasteiger partial charge on any atom is 0.249 e. The lowest BCUT2D eigenvalue weighted by Gasteiger charge is -2.31. The number of nitrogens with zero attached hydrogens (tertiary/aromatic N) is 6. The van der Waals surface area contributed by atoms with E-state index in [9.17, 15) is 4.79 Å². The van der Waals surface area contributed by atoms with Gasteiger partial charge in [0.25, 0.3) is 0 Å². The smallest absolute Gasteiger partial charge is 0.249 e. The van der Waals surface area contributed by atoms with Crippen LogP contribution in [0.15, 0.2) is 36.4 Å². The predicted molar refractivity (Wildman–Crippen MR) is 154 cm³/mol. The maximum absolute atomic E-state index is 12.6. The van der Waals surface area contributed by atoms with Gasteiger partial charge in [0.2, 0.25) is 17.5 Å². The van der Waals surface area contributed by atoms with Crippen molar-refractivity contribution in [1.82, 2.24) is 29.4 Å². The number of hydrogen-bond donors (Lipinski definition) is 1. The Morgan fingerprint density at radius 1 is 0.927 bits per heavy atom. The van der Waals surface area contributed by atoms with E-state index in [0.29, 0.717) is 58.3 Å². The second kappa shape index (κ2) is 12.0. The normalized spacial score (nSPS) is 14.2. The molecule has 1 saturated heterocycles. The summed E-state index contributed by atoms with van der Waals surface area (Å²) in [6, 6.07) is 10.8. The van der Waals surface area contributed by atoms with Gasteiger partial charge in [-0.15, -0.1) is 5.10 Å². The molecule has 12 heteroatoms. The number of anilines is 1. The van der Waals surface area contributed by atoms with Crippen LogP contribution in [-0.2, 0) is 4.79 Å². The van der Waals surface area contributed by atoms with Gasteiger partial charge in [0.15, 0.2) is 22.8 Å². The van der Waals surface area contributed by atoms with Crippen LogP contribution in [0.5, 0.6) is 28.9 Å². The van der Waals surface area contributed by atoms with Crippen molar-refractivity contribution in [2.24, 2.45) is 0 Å². The number of carbonyl (C=O) groups excluding carboxylic acids is 1. The third-order valence-corrected chi connectivity index (χ3v) is 7.04. The van der Waals surface area contributed by atoms with Gasteiger partial charge in [-0.2, -0.15) is 4.98 Å². The lowest BCUT2D eigenvalue weighted by Crippen LogP contribution is -2.47. The standard InChI is InChI=1S/C29H35N7O5/c1-18-26-29(41-22-15-23(38-4)27(40-6)24(16-22)39-5)32-28(33-36(26)19(2)30-18)20-7-9-21(10-8-20)31-25(37)17-35-13-11-34(3)12-14-35/h7-10,15-16H,11-14,17H2,1-6H3,(H,31,37). The second-order valence-corrected chi connectivity index (χ2v) is 9.91. The number of hydrogen-bond acceptors (Lipinski definition) is 10. The van der Waals surface area contributed by atoms with Gasteiger partial charge in [-0.05, 0) is 45.2 Å². The monoisotopic (exact) mass is 561 g/mol. The Morgan fingerprint density at radius 3 is 2.20 bits per heavy atom. The van der Waals surface area contributed by atoms with Crippen molar-refractivity contribution in [3.8, 4) is 40.3 Å². The van der Waals surface area contributed by atoms with Gasteiger partial charge < -0.3 is 29.2 Å². The molecule has 1 fully saturated rings. The first-order chi connectivity index (χ1) is 19.8. The van der Waals surface area contributed by atoms with E-state index in [1.807, 2.05) is 38.1 Å². The fraction of sp³-hybridized carbons (Fsp3) is 0.379. The molecule has 1 N–H and O–H groups in total. The molecule has 1 aliphatic heterocycles. The molecule has 41 heavy (non-hydrogen) atoms. The van der Waals surface area contributed by atoms with Crippen LogP contribution in [0.2, 0.25) is 0 Å². The zero-order valence-corrected chi connectivity index (χ0v) is 24.2. The summed E-state index contributed by atoms with van der Waals surface area (Å²) in [5, 5.41) is 7.72. The number of carbonyl (C=O) groups is 1. The van der Waals surface area contributed by atoms with E-state index in [2.05, 4.69) is 27.1 Å². The Bertz CT molecular complexity index is 1520. The molecule has 216 valence electrons. The molecule has 0 radical (unpaired) electrons. The Balaban J connectivity index is 1.41. The number of piperazine rings is 1. The molecule has 0 bridgehead atoms. The average Bonchev–Trinajstić information content (AvgIpc) is 3.26. The minimum absolute atomic E-state index is 0.0366. The fourth-order valence-corrected chi connectivity index (χ4v) is 4.83. The van der Waals surface area contributed by atoms with Crippen molar-refractivity contribution < 1.29 is 23.7 Å². The van der Waals surface area contributed by atoms with Gasteiger partial charge in [-0.1, -0.05) is 0 Å². The molecule has 12 nitrogen and oxygen atoms in total. The minimum atomic E-state index is -0.0366. The quantitative estimate of drug-likeness (QED) is 0.326. The summed E-state index contributed by atoms with van der Waals surface area (Å²) in [7, 11) is 6.73. The average molecular weight is 562 g/mol. The Labute approximate surface area is 238 Å². The molecule has 5 rings (SSSR count). The highest BCUT2D eigenvalue weighted by Crippen LogP contribution is 2.42. The lowest BCUT2D eigenvalue weighted by atomic mass is 10.2. The van der Waals surface area contributed by atoms with Crippen molar-refractivity contribution in [2.75, 3.05) is 66.4 Å². The van der Waals surface area contributed by atoms with E-state index in [1.165, 1.54) is 0 Å². The van der Waals surface area contributed by atoms with Crippen LogP contribution in [0.1, 0.15) is 11.5 Å². The molecule has 2 aromatic heterocycles. The van der Waals surface area contributed by atoms with E-state index in [0.717, 1.165) is 37.4 Å². The molecule has 1 aliphatic rings. The number of ether oxygens (including phenoxy) is 4. The molecule has 0 spiro atoms. The van der Waals surface area contributed by atoms with Crippen LogP contribution in [0.25, 0.3) is 16.9 Å². The summed E-state index contributed by atoms with van der Waals surface area (Å²) >= 11 is 0. The summed E-state index contributed by atoms with van der Waals surface area (Å²) in [5.74, 6) is 3.25. The number of amides is 1. The number of aryl methyl sites for hydroxylation is 2. The second-order valence-electron chi connectivity index (χ2n) is 9.91. The third kappa shape index (κ3) is 6.03. The highest BCUT2D eigenvalue weighted by atomic mass is 16.5. The third-order valence-electron chi connectivity index (χ3n) is 7.04. The van der Waals surface area contributed by atoms with Crippen LogP contribution in [0, 0.1) is 13.8 Å². The van der Waals surface area contributed by atoms with E-state index in [1.54, 1.807) is 38.0 Å². The predicted octanol–water partition coefficient (Wildman–Crippen LogP) is 3.41. The number of imidazole rings is 1. The summed E-state index contributed by atoms with van der Waals surface area (Å²) in [4.78, 5) is 26.4. The topological polar surface area (TPSA) is 116 Å². The Morgan fingerprint density at radius 2 is 1.59 bits per heavy atom. The largest absolute Gasteiger partial charge is 0.493 e. The number of benzene rings is 2. The maximum atomic E-state index is 12.6. The van der Waals surface area contributed by atoms with Crippen LogP contribution in [-0.4, -0.2) is 96.4 Å². The van der Waals surface area contributed by atoms with Crippen molar-refractivity contribution in [2.45, 2.75) is 13.8 Å². The minimum Gasteiger partial charge on any atom is -0.493 e. The highest BCUT2D eigenvalue weighted by Gasteiger charge is 2.21. The molecule has 0 saturated carbocycles. The van der Waals surface area contributed by atoms with E-state index < -0.39 is 0 Å². The zero-order chi connectivity index (χ0) is 29.1. The van der Waals surface area contributed by atoms with E-state index in [-0.39, 0.29) is 5.91 Å². The van der Waals surface area contributed by atoms with Crippen molar-refractivity contribution in [3.05, 3.63) is 47.9 Å². The summed E-state index contributed by atoms with van der Waals surface area (Å²) in [6.07, 6.45) is 0. The molecule has 3 heterocycles. The molecule has 0 unspecified atom stereocenters. The van der Waals surface area contributed by atoms with Crippen molar-refractivity contribution >= 4 is 17.1 Å². The van der Waals surface area contributed by atoms with Gasteiger partial charge in [-0.25, -0.2) is 9.50 Å². The first-order valence-corrected chi connectivity index (χ1v) is 13.3. The van der Waals surface area contributed by atoms with Crippen molar-refractivity contribution in [3.63, 3.8) is 0 Å². The Hall–Kier alpha value is -4.42. The molecule has 2 aromatic carbocycles. The lowest BCUT2D eigenvalue weighted by molar-refractivity contribution is -0.117. The fourth-order valence-electron chi connectivity index (χ4n) is 4.83. The summed E-state index contributed by atoms with van der Waals surface area (Å²) in [5.41, 5.74) is 2.84. The molecule has 0 aliphatic carbocycles. The molecule has 4 aromatic rings. The summed E-state index contributed by atoms with van der Waals surface area (Å²) < 4.78 is 24.4. The molecule has 0 atom stereocenters. The van der Waals surface area contributed by atoms with Gasteiger partial charge in [0, 0.05) is 49.6 Å². The number of aromatic nitrogens is 4. The van der Waals surface area contributed by atoms with Gasteiger partial charge in [0.05, 0.1) is 33.6 Å². The van der Waals surface area contributed by atoms with Crippen LogP contribution < -0.4 is 24.3 Å². The number of rotatable bonds is 9. The zero-order valence-electron chi connectivity index (χ0n) is 24.2. The van der Waals surface area contributed by atoms with Gasteiger partial charge in [0.1, 0.15) is 11.6 Å². The number of nitrogens with one attached hydrogen (secondary N) is 1. The first-order valence-electron chi connectivity index (χ1n) is 13.3. The molecular formula is C29H35N7O5. The van der Waals surface area contributed by atoms with Crippen LogP contribution in [0.3, 0.4) is 0 Å². The summed E-state index contributed by atoms with van der Waals surface area (Å²) in [6.45, 7) is 7.83. The number of fused-ring (bicyclic) bond motifs is 1. The SMILES string of the molecule is COc1cc(Oc2nc(-c3ccc(NC(=O)CN4CCN(C)CC4)cc3)nn3c(C)nc(C)c23)cc(OC)c1OC. The van der Waals surface area contributed by atoms with Crippen LogP contribution in [0.4, 0.5) is 5.69 Å². The van der Waals surface area contributed by atoms with Gasteiger partial charge in [-0.3, -0.25) is 9.69 Å². The highest BCUT2D eigenvalue weighted by molar-refractivity contribution is 5.92. The van der Waals surface area contributed by atoms with Crippen LogP contribution >= 0.6 is 0 Å². The number of methoxy groups -OCH3 is 3. The van der Waals surface area contributed by atoms with E-state index in [4.69, 9.17) is 29.0 Å². The first kappa shape index (κ1) is 28.1. The molecular weight excluding hydrogens is 526 g/mol. The van der Waals surface area contributed by atoms with E-state index >= 15 is 0 Å². The number of likely N-dealkylation sites (N-methyl/N-ethyl adjacent to an activating group) is 1. The van der Waals surface area contributed by atoms with Crippen molar-refractivity contribution in [1.29, 1.82) is 0 Å². The molecule has 1 amide bonds. The van der Waals surface area contributed by atoms with Gasteiger partial charge >= 0.3 is 0 Å². The Kier molecular flexibility index (Phi) is 8.22.